The largest absolute Gasteiger partial charge is 0.346 e. The van der Waals surface area contributed by atoms with Crippen molar-refractivity contribution in [3.63, 3.8) is 0 Å². The summed E-state index contributed by atoms with van der Waals surface area (Å²) in [5.74, 6) is 0.00627. The van der Waals surface area contributed by atoms with Crippen molar-refractivity contribution >= 4 is 27.8 Å². The van der Waals surface area contributed by atoms with Crippen LogP contribution in [0.3, 0.4) is 0 Å². The average molecular weight is 256 g/mol. The maximum atomic E-state index is 11.2. The summed E-state index contributed by atoms with van der Waals surface area (Å²) < 4.78 is 29.3. The molecule has 0 unspecified atom stereocenters. The summed E-state index contributed by atoms with van der Waals surface area (Å²) in [6.07, 6.45) is 1.86. The van der Waals surface area contributed by atoms with Crippen LogP contribution in [0.5, 0.6) is 0 Å². The van der Waals surface area contributed by atoms with E-state index in [1.807, 2.05) is 6.26 Å². The van der Waals surface area contributed by atoms with Gasteiger partial charge < -0.3 is 5.32 Å². The second-order valence-corrected chi connectivity index (χ2v) is 5.49. The van der Waals surface area contributed by atoms with Gasteiger partial charge in [-0.25, -0.2) is 0 Å². The van der Waals surface area contributed by atoms with Crippen LogP contribution >= 0.6 is 11.8 Å². The quantitative estimate of drug-likeness (QED) is 0.460. The van der Waals surface area contributed by atoms with E-state index in [2.05, 4.69) is 5.32 Å². The number of amides is 1. The number of carbonyl (C=O) groups is 1. The Morgan fingerprint density at radius 2 is 2.13 bits per heavy atom. The first kappa shape index (κ1) is 14.7. The lowest BCUT2D eigenvalue weighted by molar-refractivity contribution is -0.121. The topological polar surface area (TPSA) is 86.7 Å². The number of rotatable bonds is 7. The Labute approximate surface area is 94.2 Å². The highest BCUT2D eigenvalue weighted by Crippen LogP contribution is 1.89. The van der Waals surface area contributed by atoms with Crippen LogP contribution in [0.1, 0.15) is 0 Å². The molecule has 0 spiro atoms. The average Bonchev–Trinajstić information content (AvgIpc) is 2.10. The molecule has 8 heteroatoms. The first-order chi connectivity index (χ1) is 6.85. The van der Waals surface area contributed by atoms with E-state index < -0.39 is 10.1 Å². The zero-order chi connectivity index (χ0) is 11.9. The summed E-state index contributed by atoms with van der Waals surface area (Å²) in [5, 5.41) is 2.63. The highest BCUT2D eigenvalue weighted by Gasteiger charge is 2.09. The molecule has 0 atom stereocenters. The summed E-state index contributed by atoms with van der Waals surface area (Å²) in [4.78, 5) is 12.7. The lowest BCUT2D eigenvalue weighted by Gasteiger charge is -2.14. The smallest absolute Gasteiger partial charge is 0.266 e. The number of nitrogens with one attached hydrogen (secondary N) is 1. The van der Waals surface area contributed by atoms with Gasteiger partial charge in [0.05, 0.1) is 18.2 Å². The number of hydrogen-bond donors (Lipinski definition) is 2. The fraction of sp³-hybridized carbons (Fsp3) is 0.857. The summed E-state index contributed by atoms with van der Waals surface area (Å²) in [6.45, 7) is 0.252. The molecule has 15 heavy (non-hydrogen) atoms. The molecule has 0 aromatic carbocycles. The predicted molar refractivity (Wildman–Crippen MR) is 60.4 cm³/mol. The molecule has 0 bridgehead atoms. The van der Waals surface area contributed by atoms with Crippen molar-refractivity contribution in [3.05, 3.63) is 0 Å². The van der Waals surface area contributed by atoms with Crippen LogP contribution in [-0.4, -0.2) is 61.8 Å². The maximum absolute atomic E-state index is 11.2. The summed E-state index contributed by atoms with van der Waals surface area (Å²) in [7, 11) is -2.33. The number of hydrogen-bond acceptors (Lipinski definition) is 5. The van der Waals surface area contributed by atoms with Crippen LogP contribution < -0.4 is 5.32 Å². The van der Waals surface area contributed by atoms with E-state index >= 15 is 0 Å². The standard InChI is InChI=1S/C7H16N2O4S2/c1-9(3-4-15(11,12)13)5-7(10)8-6-14-2/h3-6H2,1-2H3,(H,8,10)(H,11,12,13). The molecule has 0 aromatic rings. The molecule has 2 N–H and O–H groups in total. The molecule has 0 radical (unpaired) electrons. The number of nitrogens with zero attached hydrogens (tertiary/aromatic N) is 1. The van der Waals surface area contributed by atoms with Crippen LogP contribution in [0.2, 0.25) is 0 Å². The third-order valence-electron chi connectivity index (χ3n) is 1.56. The summed E-state index contributed by atoms with van der Waals surface area (Å²) in [5.41, 5.74) is 0. The Morgan fingerprint density at radius 1 is 1.53 bits per heavy atom. The van der Waals surface area contributed by atoms with E-state index in [-0.39, 0.29) is 24.7 Å². The molecule has 0 saturated carbocycles. The monoisotopic (exact) mass is 256 g/mol. The Balaban J connectivity index is 3.74. The van der Waals surface area contributed by atoms with Gasteiger partial charge in [-0.3, -0.25) is 14.2 Å². The van der Waals surface area contributed by atoms with Crippen molar-refractivity contribution in [2.75, 3.05) is 38.0 Å². The Hall–Kier alpha value is -0.310. The molecule has 6 nitrogen and oxygen atoms in total. The molecule has 0 aliphatic rings. The van der Waals surface area contributed by atoms with E-state index in [1.165, 1.54) is 16.7 Å². The fourth-order valence-corrected chi connectivity index (χ4v) is 1.65. The minimum Gasteiger partial charge on any atom is -0.346 e. The van der Waals surface area contributed by atoms with Gasteiger partial charge in [0.2, 0.25) is 5.91 Å². The van der Waals surface area contributed by atoms with Gasteiger partial charge in [-0.05, 0) is 13.3 Å². The van der Waals surface area contributed by atoms with Crippen LogP contribution in [0, 0.1) is 0 Å². The van der Waals surface area contributed by atoms with Crippen LogP contribution in [0.15, 0.2) is 0 Å². The van der Waals surface area contributed by atoms with Crippen LogP contribution in [0.25, 0.3) is 0 Å². The van der Waals surface area contributed by atoms with Crippen molar-refractivity contribution in [1.29, 1.82) is 0 Å². The molecule has 0 heterocycles. The van der Waals surface area contributed by atoms with E-state index in [4.69, 9.17) is 4.55 Å². The molecule has 0 aliphatic carbocycles. The van der Waals surface area contributed by atoms with Crippen LogP contribution in [0.4, 0.5) is 0 Å². The molecule has 0 aromatic heterocycles. The van der Waals surface area contributed by atoms with Crippen LogP contribution in [-0.2, 0) is 14.9 Å². The minimum atomic E-state index is -3.95. The number of likely N-dealkylation sites (N-methyl/N-ethyl adjacent to an activating group) is 1. The van der Waals surface area contributed by atoms with E-state index in [0.29, 0.717) is 5.88 Å². The van der Waals surface area contributed by atoms with Gasteiger partial charge >= 0.3 is 0 Å². The molecular formula is C7H16N2O4S2. The number of carbonyl (C=O) groups excluding carboxylic acids is 1. The third kappa shape index (κ3) is 9.98. The van der Waals surface area contributed by atoms with E-state index in [9.17, 15) is 13.2 Å². The maximum Gasteiger partial charge on any atom is 0.266 e. The van der Waals surface area contributed by atoms with Gasteiger partial charge in [-0.1, -0.05) is 0 Å². The second-order valence-electron chi connectivity index (χ2n) is 3.06. The minimum absolute atomic E-state index is 0.121. The molecule has 0 fully saturated rings. The molecule has 0 saturated heterocycles. The normalized spacial score (nSPS) is 11.7. The van der Waals surface area contributed by atoms with Gasteiger partial charge in [0.1, 0.15) is 0 Å². The van der Waals surface area contributed by atoms with E-state index in [1.54, 1.807) is 7.05 Å². The zero-order valence-electron chi connectivity index (χ0n) is 8.76. The summed E-state index contributed by atoms with van der Waals surface area (Å²) in [6, 6.07) is 0. The van der Waals surface area contributed by atoms with Crippen molar-refractivity contribution < 1.29 is 17.8 Å². The molecule has 1 amide bonds. The van der Waals surface area contributed by atoms with Gasteiger partial charge in [0, 0.05) is 6.54 Å². The predicted octanol–water partition coefficient (Wildman–Crippen LogP) is -0.757. The Morgan fingerprint density at radius 3 is 2.60 bits per heavy atom. The van der Waals surface area contributed by atoms with Crippen molar-refractivity contribution in [1.82, 2.24) is 10.2 Å². The van der Waals surface area contributed by atoms with Gasteiger partial charge in [-0.15, -0.1) is 11.8 Å². The van der Waals surface area contributed by atoms with Crippen molar-refractivity contribution in [2.45, 2.75) is 0 Å². The van der Waals surface area contributed by atoms with Gasteiger partial charge in [0.25, 0.3) is 10.1 Å². The van der Waals surface area contributed by atoms with E-state index in [0.717, 1.165) is 0 Å². The van der Waals surface area contributed by atoms with Crippen molar-refractivity contribution in [3.8, 4) is 0 Å². The molecular weight excluding hydrogens is 240 g/mol. The summed E-state index contributed by atoms with van der Waals surface area (Å²) >= 11 is 1.49. The first-order valence-electron chi connectivity index (χ1n) is 4.24. The molecule has 0 aliphatic heterocycles. The SMILES string of the molecule is CSCNC(=O)CN(C)CCS(=O)(=O)O. The highest BCUT2D eigenvalue weighted by atomic mass is 32.2. The molecule has 90 valence electrons. The highest BCUT2D eigenvalue weighted by molar-refractivity contribution is 7.98. The second kappa shape index (κ2) is 7.04. The molecule has 0 rings (SSSR count). The zero-order valence-corrected chi connectivity index (χ0v) is 10.4. The number of thioether (sulfide) groups is 1. The van der Waals surface area contributed by atoms with Gasteiger partial charge in [-0.2, -0.15) is 8.42 Å². The lowest BCUT2D eigenvalue weighted by Crippen LogP contribution is -2.36. The first-order valence-corrected chi connectivity index (χ1v) is 7.25. The lowest BCUT2D eigenvalue weighted by atomic mass is 10.5. The Bertz CT molecular complexity index is 291. The fourth-order valence-electron chi connectivity index (χ4n) is 0.804. The Kier molecular flexibility index (Phi) is 6.90. The van der Waals surface area contributed by atoms with Gasteiger partial charge in [0.15, 0.2) is 0 Å². The third-order valence-corrected chi connectivity index (χ3v) is 2.69. The van der Waals surface area contributed by atoms with Crippen molar-refractivity contribution in [2.24, 2.45) is 0 Å².